The SMILES string of the molecule is N#Cc1ccc(C(=O)NC2=CC=C(F)C([C@]3(C(F)F)CCOCC(N)=N3)C2)nc1. The molecule has 2 atom stereocenters. The number of hydrogen-bond acceptors (Lipinski definition) is 6. The van der Waals surface area contributed by atoms with E-state index in [2.05, 4.69) is 15.3 Å². The van der Waals surface area contributed by atoms with Crippen molar-refractivity contribution in [3.05, 3.63) is 53.3 Å². The first-order valence-electron chi connectivity index (χ1n) is 8.79. The second-order valence-electron chi connectivity index (χ2n) is 6.70. The summed E-state index contributed by atoms with van der Waals surface area (Å²) in [5.74, 6) is -2.80. The highest BCUT2D eigenvalue weighted by Crippen LogP contribution is 2.43. The molecule has 1 aromatic rings. The van der Waals surface area contributed by atoms with Gasteiger partial charge in [-0.25, -0.2) is 18.2 Å². The standard InChI is InChI=1S/C19H18F3N5O2/c20-14-3-2-12(26-17(28)15-4-1-11(8-23)9-25-15)7-13(14)19(18(21)22)5-6-29-10-16(24)27-19/h1-4,9,13,18H,5-7,10H2,(H2,24,27)(H,26,28)/t13?,19-/m0/s1. The van der Waals surface area contributed by atoms with Crippen molar-refractivity contribution in [2.24, 2.45) is 16.6 Å². The molecule has 0 radical (unpaired) electrons. The van der Waals surface area contributed by atoms with E-state index in [0.717, 1.165) is 6.08 Å². The van der Waals surface area contributed by atoms with Gasteiger partial charge in [0.15, 0.2) is 0 Å². The fourth-order valence-electron chi connectivity index (χ4n) is 3.32. The number of nitriles is 1. The van der Waals surface area contributed by atoms with Crippen molar-refractivity contribution in [1.29, 1.82) is 5.26 Å². The largest absolute Gasteiger partial charge is 0.386 e. The van der Waals surface area contributed by atoms with Crippen molar-refractivity contribution in [3.8, 4) is 6.07 Å². The minimum Gasteiger partial charge on any atom is -0.386 e. The van der Waals surface area contributed by atoms with Crippen LogP contribution >= 0.6 is 0 Å². The van der Waals surface area contributed by atoms with Gasteiger partial charge in [0.2, 0.25) is 0 Å². The molecule has 10 heteroatoms. The van der Waals surface area contributed by atoms with Gasteiger partial charge in [0.25, 0.3) is 12.3 Å². The summed E-state index contributed by atoms with van der Waals surface area (Å²) in [6, 6.07) is 4.67. The summed E-state index contributed by atoms with van der Waals surface area (Å²) in [5.41, 5.74) is 4.12. The van der Waals surface area contributed by atoms with E-state index in [4.69, 9.17) is 15.7 Å². The van der Waals surface area contributed by atoms with Gasteiger partial charge in [-0.2, -0.15) is 5.26 Å². The molecule has 0 aromatic carbocycles. The summed E-state index contributed by atoms with van der Waals surface area (Å²) in [7, 11) is 0. The number of aliphatic imine (C=N–C) groups is 1. The van der Waals surface area contributed by atoms with Gasteiger partial charge in [0, 0.05) is 30.8 Å². The minimum absolute atomic E-state index is 0.0326. The van der Waals surface area contributed by atoms with Crippen LogP contribution in [0.3, 0.4) is 0 Å². The van der Waals surface area contributed by atoms with E-state index in [1.165, 1.54) is 24.4 Å². The quantitative estimate of drug-likeness (QED) is 0.798. The molecule has 1 aromatic heterocycles. The summed E-state index contributed by atoms with van der Waals surface area (Å²) < 4.78 is 47.9. The number of pyridine rings is 1. The van der Waals surface area contributed by atoms with Crippen LogP contribution in [0.25, 0.3) is 0 Å². The second-order valence-corrected chi connectivity index (χ2v) is 6.70. The Morgan fingerprint density at radius 3 is 2.86 bits per heavy atom. The third kappa shape index (κ3) is 4.30. The number of rotatable bonds is 4. The molecule has 1 unspecified atom stereocenters. The van der Waals surface area contributed by atoms with E-state index in [1.807, 2.05) is 6.07 Å². The number of nitrogens with zero attached hydrogens (tertiary/aromatic N) is 3. The van der Waals surface area contributed by atoms with Crippen LogP contribution in [-0.4, -0.2) is 41.9 Å². The van der Waals surface area contributed by atoms with Gasteiger partial charge in [-0.05, 0) is 30.7 Å². The van der Waals surface area contributed by atoms with Gasteiger partial charge < -0.3 is 15.8 Å². The predicted molar refractivity (Wildman–Crippen MR) is 97.6 cm³/mol. The van der Waals surface area contributed by atoms with Crippen molar-refractivity contribution < 1.29 is 22.7 Å². The lowest BCUT2D eigenvalue weighted by Crippen LogP contribution is -2.46. The highest BCUT2D eigenvalue weighted by atomic mass is 19.3. The number of amidine groups is 1. The van der Waals surface area contributed by atoms with Gasteiger partial charge in [-0.1, -0.05) is 0 Å². The summed E-state index contributed by atoms with van der Waals surface area (Å²) in [6.45, 7) is -0.144. The molecule has 29 heavy (non-hydrogen) atoms. The molecule has 3 rings (SSSR count). The third-order valence-electron chi connectivity index (χ3n) is 4.83. The molecular formula is C19H18F3N5O2. The van der Waals surface area contributed by atoms with Crippen molar-refractivity contribution in [2.75, 3.05) is 13.2 Å². The van der Waals surface area contributed by atoms with E-state index < -0.39 is 29.6 Å². The zero-order valence-electron chi connectivity index (χ0n) is 15.2. The normalized spacial score (nSPS) is 24.7. The van der Waals surface area contributed by atoms with Gasteiger partial charge in [0.1, 0.15) is 35.6 Å². The Morgan fingerprint density at radius 1 is 1.41 bits per heavy atom. The van der Waals surface area contributed by atoms with Crippen molar-refractivity contribution in [3.63, 3.8) is 0 Å². The number of nitrogens with two attached hydrogens (primary N) is 1. The van der Waals surface area contributed by atoms with Gasteiger partial charge >= 0.3 is 0 Å². The molecule has 0 bridgehead atoms. The van der Waals surface area contributed by atoms with E-state index >= 15 is 0 Å². The van der Waals surface area contributed by atoms with E-state index in [1.54, 1.807) is 0 Å². The number of hydrogen-bond donors (Lipinski definition) is 2. The Kier molecular flexibility index (Phi) is 5.98. The maximum atomic E-state index is 14.6. The molecule has 152 valence electrons. The average molecular weight is 405 g/mol. The molecule has 3 N–H and O–H groups in total. The highest BCUT2D eigenvalue weighted by Gasteiger charge is 2.50. The lowest BCUT2D eigenvalue weighted by molar-refractivity contribution is 0.00612. The van der Waals surface area contributed by atoms with Crippen LogP contribution in [0.2, 0.25) is 0 Å². The topological polar surface area (TPSA) is 113 Å². The maximum Gasteiger partial charge on any atom is 0.273 e. The predicted octanol–water partition coefficient (Wildman–Crippen LogP) is 2.22. The van der Waals surface area contributed by atoms with E-state index in [-0.39, 0.29) is 48.8 Å². The molecule has 2 aliphatic rings. The van der Waals surface area contributed by atoms with Crippen molar-refractivity contribution >= 4 is 11.7 Å². The van der Waals surface area contributed by atoms with Gasteiger partial charge in [-0.3, -0.25) is 9.79 Å². The first-order chi connectivity index (χ1) is 13.9. The second kappa shape index (κ2) is 8.45. The number of allylic oxidation sites excluding steroid dienone is 3. The Morgan fingerprint density at radius 2 is 2.21 bits per heavy atom. The highest BCUT2D eigenvalue weighted by molar-refractivity contribution is 5.93. The first-order valence-corrected chi connectivity index (χ1v) is 8.79. The van der Waals surface area contributed by atoms with Crippen LogP contribution in [0, 0.1) is 17.2 Å². The molecule has 1 aliphatic heterocycles. The molecule has 0 saturated heterocycles. The van der Waals surface area contributed by atoms with Crippen LogP contribution < -0.4 is 11.1 Å². The van der Waals surface area contributed by atoms with Gasteiger partial charge in [-0.15, -0.1) is 0 Å². The number of alkyl halides is 2. The van der Waals surface area contributed by atoms with Crippen molar-refractivity contribution in [1.82, 2.24) is 10.3 Å². The van der Waals surface area contributed by atoms with Crippen LogP contribution in [0.1, 0.15) is 28.9 Å². The van der Waals surface area contributed by atoms with Crippen LogP contribution in [0.4, 0.5) is 13.2 Å². The molecule has 0 fully saturated rings. The summed E-state index contributed by atoms with van der Waals surface area (Å²) >= 11 is 0. The van der Waals surface area contributed by atoms with Crippen LogP contribution in [-0.2, 0) is 4.74 Å². The number of carbonyl (C=O) groups excluding carboxylic acids is 1. The lowest BCUT2D eigenvalue weighted by Gasteiger charge is -2.37. The number of aromatic nitrogens is 1. The monoisotopic (exact) mass is 405 g/mol. The van der Waals surface area contributed by atoms with E-state index in [0.29, 0.717) is 0 Å². The maximum absolute atomic E-state index is 14.6. The summed E-state index contributed by atoms with van der Waals surface area (Å²) in [4.78, 5) is 20.2. The lowest BCUT2D eigenvalue weighted by atomic mass is 9.76. The molecule has 0 spiro atoms. The van der Waals surface area contributed by atoms with Crippen LogP contribution in [0.5, 0.6) is 0 Å². The molecule has 1 aliphatic carbocycles. The van der Waals surface area contributed by atoms with Gasteiger partial charge in [0.05, 0.1) is 5.56 Å². The number of carbonyl (C=O) groups is 1. The molecule has 2 heterocycles. The zero-order valence-corrected chi connectivity index (χ0v) is 15.2. The van der Waals surface area contributed by atoms with Crippen LogP contribution in [0.15, 0.2) is 47.0 Å². The molecule has 7 nitrogen and oxygen atoms in total. The fourth-order valence-corrected chi connectivity index (χ4v) is 3.32. The Balaban J connectivity index is 1.82. The number of halogens is 3. The molecule has 1 amide bonds. The molecule has 0 saturated carbocycles. The average Bonchev–Trinajstić information content (AvgIpc) is 2.91. The minimum atomic E-state index is -2.98. The Bertz CT molecular complexity index is 921. The molecular weight excluding hydrogens is 387 g/mol. The summed E-state index contributed by atoms with van der Waals surface area (Å²) in [5, 5.41) is 11.3. The van der Waals surface area contributed by atoms with E-state index in [9.17, 15) is 18.0 Å². The third-order valence-corrected chi connectivity index (χ3v) is 4.83. The Hall–Kier alpha value is -3.19. The number of ether oxygens (including phenoxy) is 1. The Labute approximate surface area is 164 Å². The fraction of sp³-hybridized carbons (Fsp3) is 0.368. The number of nitrogens with one attached hydrogen (secondary N) is 1. The first kappa shape index (κ1) is 20.5. The summed E-state index contributed by atoms with van der Waals surface area (Å²) in [6.07, 6.45) is 0.189. The zero-order chi connectivity index (χ0) is 21.0. The number of amides is 1. The smallest absolute Gasteiger partial charge is 0.273 e. The van der Waals surface area contributed by atoms with Crippen molar-refractivity contribution in [2.45, 2.75) is 24.8 Å².